The van der Waals surface area contributed by atoms with E-state index >= 15 is 0 Å². The summed E-state index contributed by atoms with van der Waals surface area (Å²) < 4.78 is 36.6. The van der Waals surface area contributed by atoms with Gasteiger partial charge in [-0.25, -0.2) is 9.37 Å². The second kappa shape index (κ2) is 8.17. The maximum absolute atomic E-state index is 13.4. The van der Waals surface area contributed by atoms with Crippen LogP contribution in [0.5, 0.6) is 0 Å². The highest BCUT2D eigenvalue weighted by molar-refractivity contribution is 7.79. The highest BCUT2D eigenvalue weighted by Crippen LogP contribution is 2.30. The van der Waals surface area contributed by atoms with Gasteiger partial charge in [-0.3, -0.25) is 9.00 Å². The first-order chi connectivity index (χ1) is 13.9. The zero-order chi connectivity index (χ0) is 20.5. The summed E-state index contributed by atoms with van der Waals surface area (Å²) in [5.74, 6) is -0.387. The van der Waals surface area contributed by atoms with Gasteiger partial charge in [0.2, 0.25) is 0 Å². The average Bonchev–Trinajstić information content (AvgIpc) is 3.16. The minimum absolute atomic E-state index is 0.109. The van der Waals surface area contributed by atoms with Crippen molar-refractivity contribution in [2.75, 3.05) is 31.1 Å². The summed E-state index contributed by atoms with van der Waals surface area (Å²) in [6.07, 6.45) is 0. The number of hydrogen-bond donors (Lipinski definition) is 0. The highest BCUT2D eigenvalue weighted by atomic mass is 32.2. The first kappa shape index (κ1) is 19.9. The zero-order valence-electron chi connectivity index (χ0n) is 15.7. The van der Waals surface area contributed by atoms with Crippen molar-refractivity contribution in [1.82, 2.24) is 9.88 Å². The fraction of sp³-hybridized carbons (Fsp3) is 0.300. The van der Waals surface area contributed by atoms with Crippen molar-refractivity contribution < 1.29 is 17.9 Å². The molecule has 0 saturated carbocycles. The van der Waals surface area contributed by atoms with Crippen molar-refractivity contribution >= 4 is 43.7 Å². The van der Waals surface area contributed by atoms with Crippen LogP contribution in [0.4, 0.5) is 9.52 Å². The van der Waals surface area contributed by atoms with Gasteiger partial charge in [-0.1, -0.05) is 23.5 Å². The number of anilines is 1. The van der Waals surface area contributed by atoms with Gasteiger partial charge in [-0.2, -0.15) is 0 Å². The van der Waals surface area contributed by atoms with Gasteiger partial charge in [0, 0.05) is 37.0 Å². The number of benzene rings is 2. The van der Waals surface area contributed by atoms with E-state index in [1.165, 1.54) is 23.5 Å². The van der Waals surface area contributed by atoms with Crippen molar-refractivity contribution in [2.45, 2.75) is 12.2 Å². The molecule has 2 aromatic carbocycles. The molecule has 4 rings (SSSR count). The molecule has 0 aliphatic carbocycles. The van der Waals surface area contributed by atoms with Gasteiger partial charge < -0.3 is 14.4 Å². The van der Waals surface area contributed by atoms with E-state index in [2.05, 4.69) is 9.88 Å². The lowest BCUT2D eigenvalue weighted by atomic mass is 10.1. The van der Waals surface area contributed by atoms with Crippen molar-refractivity contribution in [1.29, 1.82) is 0 Å². The van der Waals surface area contributed by atoms with Crippen LogP contribution in [0.2, 0.25) is 0 Å². The lowest BCUT2D eigenvalue weighted by Crippen LogP contribution is -2.48. The molecule has 0 radical (unpaired) electrons. The molecule has 1 saturated heterocycles. The van der Waals surface area contributed by atoms with Gasteiger partial charge in [0.05, 0.1) is 10.2 Å². The molecule has 1 aliphatic heterocycles. The van der Waals surface area contributed by atoms with E-state index in [0.29, 0.717) is 37.3 Å². The number of thiazole rings is 1. The summed E-state index contributed by atoms with van der Waals surface area (Å²) in [5, 5.41) is 0.162. The SMILES string of the molecule is CC(c1cccc(C(=O)N2CCN(c3nc4ccc(F)cc4s3)CC2)c1)S(=O)[O-]. The van der Waals surface area contributed by atoms with Gasteiger partial charge in [0.1, 0.15) is 5.82 Å². The lowest BCUT2D eigenvalue weighted by Gasteiger charge is -2.34. The minimum Gasteiger partial charge on any atom is -0.772 e. The number of carbonyl (C=O) groups is 1. The number of halogens is 1. The Morgan fingerprint density at radius 1 is 1.21 bits per heavy atom. The van der Waals surface area contributed by atoms with Crippen LogP contribution in [-0.2, 0) is 11.1 Å². The van der Waals surface area contributed by atoms with E-state index in [0.717, 1.165) is 15.3 Å². The van der Waals surface area contributed by atoms with Gasteiger partial charge in [0.25, 0.3) is 5.91 Å². The van der Waals surface area contributed by atoms with E-state index in [1.54, 1.807) is 42.2 Å². The van der Waals surface area contributed by atoms with Crippen LogP contribution in [0.25, 0.3) is 10.2 Å². The molecule has 0 spiro atoms. The molecular weight excluding hydrogens is 413 g/mol. The Balaban J connectivity index is 1.44. The van der Waals surface area contributed by atoms with Gasteiger partial charge >= 0.3 is 0 Å². The molecule has 1 fully saturated rings. The third kappa shape index (κ3) is 4.17. The third-order valence-electron chi connectivity index (χ3n) is 5.07. The van der Waals surface area contributed by atoms with Crippen molar-refractivity contribution in [3.63, 3.8) is 0 Å². The van der Waals surface area contributed by atoms with Crippen LogP contribution in [0.1, 0.15) is 28.1 Å². The quantitative estimate of drug-likeness (QED) is 0.591. The maximum atomic E-state index is 13.4. The van der Waals surface area contributed by atoms with Crippen LogP contribution < -0.4 is 4.90 Å². The van der Waals surface area contributed by atoms with Crippen LogP contribution in [-0.4, -0.2) is 50.7 Å². The van der Waals surface area contributed by atoms with Crippen molar-refractivity contribution in [3.8, 4) is 0 Å². The Morgan fingerprint density at radius 2 is 1.97 bits per heavy atom. The molecular formula is C20H19FN3O3S2-. The topological polar surface area (TPSA) is 76.6 Å². The van der Waals surface area contributed by atoms with Crippen LogP contribution in [0, 0.1) is 5.82 Å². The monoisotopic (exact) mass is 432 g/mol. The molecule has 1 aromatic heterocycles. The predicted octanol–water partition coefficient (Wildman–Crippen LogP) is 3.34. The van der Waals surface area contributed by atoms with E-state index in [4.69, 9.17) is 0 Å². The fourth-order valence-corrected chi connectivity index (χ4v) is 4.75. The summed E-state index contributed by atoms with van der Waals surface area (Å²) in [7, 11) is 0. The summed E-state index contributed by atoms with van der Waals surface area (Å²) in [6, 6.07) is 11.3. The second-order valence-corrected chi connectivity index (χ2v) is 9.15. The Bertz CT molecular complexity index is 1080. The lowest BCUT2D eigenvalue weighted by molar-refractivity contribution is 0.0746. The molecule has 2 heterocycles. The summed E-state index contributed by atoms with van der Waals surface area (Å²) in [4.78, 5) is 21.3. The van der Waals surface area contributed by atoms with Crippen LogP contribution in [0.3, 0.4) is 0 Å². The molecule has 1 amide bonds. The van der Waals surface area contributed by atoms with Crippen molar-refractivity contribution in [3.05, 3.63) is 59.4 Å². The van der Waals surface area contributed by atoms with Crippen LogP contribution >= 0.6 is 11.3 Å². The molecule has 3 aromatic rings. The zero-order valence-corrected chi connectivity index (χ0v) is 17.3. The summed E-state index contributed by atoms with van der Waals surface area (Å²) in [6.45, 7) is 3.94. The number of hydrogen-bond acceptors (Lipinski definition) is 6. The predicted molar refractivity (Wildman–Crippen MR) is 111 cm³/mol. The first-order valence-electron chi connectivity index (χ1n) is 9.21. The Kier molecular flexibility index (Phi) is 5.62. The highest BCUT2D eigenvalue weighted by Gasteiger charge is 2.24. The average molecular weight is 433 g/mol. The molecule has 2 unspecified atom stereocenters. The first-order valence-corrected chi connectivity index (χ1v) is 11.2. The largest absolute Gasteiger partial charge is 0.772 e. The summed E-state index contributed by atoms with van der Waals surface area (Å²) in [5.41, 5.74) is 1.86. The van der Waals surface area contributed by atoms with Crippen molar-refractivity contribution in [2.24, 2.45) is 0 Å². The smallest absolute Gasteiger partial charge is 0.253 e. The maximum Gasteiger partial charge on any atom is 0.253 e. The molecule has 6 nitrogen and oxygen atoms in total. The van der Waals surface area contributed by atoms with E-state index in [9.17, 15) is 17.9 Å². The molecule has 152 valence electrons. The second-order valence-electron chi connectivity index (χ2n) is 6.92. The number of nitrogens with zero attached hydrogens (tertiary/aromatic N) is 3. The number of aromatic nitrogens is 1. The van der Waals surface area contributed by atoms with Gasteiger partial charge in [0.15, 0.2) is 5.13 Å². The third-order valence-corrected chi connectivity index (χ3v) is 7.00. The number of piperazine rings is 1. The number of rotatable bonds is 4. The Hall–Kier alpha value is -2.36. The van der Waals surface area contributed by atoms with E-state index in [-0.39, 0.29) is 11.7 Å². The normalized spacial score (nSPS) is 16.8. The Morgan fingerprint density at radius 3 is 2.69 bits per heavy atom. The number of fused-ring (bicyclic) bond motifs is 1. The van der Waals surface area contributed by atoms with E-state index in [1.807, 2.05) is 0 Å². The Labute approximate surface area is 174 Å². The molecule has 29 heavy (non-hydrogen) atoms. The molecule has 9 heteroatoms. The minimum atomic E-state index is -2.23. The molecule has 2 atom stereocenters. The molecule has 0 N–H and O–H groups in total. The standard InChI is InChI=1S/C20H20FN3O3S2/c1-13(29(26)27)14-3-2-4-15(11-14)19(25)23-7-9-24(10-8-23)20-22-17-6-5-16(21)12-18(17)28-20/h2-6,11-13H,7-10H2,1H3,(H,26,27)/p-1. The van der Waals surface area contributed by atoms with E-state index < -0.39 is 16.3 Å². The fourth-order valence-electron chi connectivity index (χ4n) is 3.34. The number of carbonyl (C=O) groups excluding carboxylic acids is 1. The molecule has 0 bridgehead atoms. The number of amides is 1. The molecule has 1 aliphatic rings. The van der Waals surface area contributed by atoms with Gasteiger partial charge in [-0.05, 0) is 53.9 Å². The van der Waals surface area contributed by atoms with Gasteiger partial charge in [-0.15, -0.1) is 0 Å². The van der Waals surface area contributed by atoms with Crippen LogP contribution in [0.15, 0.2) is 42.5 Å². The summed E-state index contributed by atoms with van der Waals surface area (Å²) >= 11 is -0.788.